The van der Waals surface area contributed by atoms with Gasteiger partial charge in [-0.2, -0.15) is 0 Å². The lowest BCUT2D eigenvalue weighted by Crippen LogP contribution is -2.50. The molecule has 4 nitrogen and oxygen atoms in total. The van der Waals surface area contributed by atoms with Gasteiger partial charge in [0.15, 0.2) is 0 Å². The van der Waals surface area contributed by atoms with E-state index in [9.17, 15) is 4.79 Å². The van der Waals surface area contributed by atoms with Crippen LogP contribution in [0.5, 0.6) is 0 Å². The Morgan fingerprint density at radius 3 is 2.95 bits per heavy atom. The molecule has 2 heterocycles. The number of carbonyl (C=O) groups is 1. The van der Waals surface area contributed by atoms with Crippen LogP contribution >= 0.6 is 12.2 Å². The van der Waals surface area contributed by atoms with Gasteiger partial charge < -0.3 is 11.1 Å². The molecule has 2 atom stereocenters. The van der Waals surface area contributed by atoms with Gasteiger partial charge in [0.25, 0.3) is 0 Å². The van der Waals surface area contributed by atoms with Gasteiger partial charge in [0, 0.05) is 18.2 Å². The zero-order valence-corrected chi connectivity index (χ0v) is 12.9. The summed E-state index contributed by atoms with van der Waals surface area (Å²) in [7, 11) is 0. The summed E-state index contributed by atoms with van der Waals surface area (Å²) in [4.78, 5) is 15.4. The molecule has 21 heavy (non-hydrogen) atoms. The second-order valence-electron chi connectivity index (χ2n) is 5.94. The molecule has 3 N–H and O–H groups in total. The van der Waals surface area contributed by atoms with Crippen molar-refractivity contribution in [2.45, 2.75) is 31.7 Å². The van der Waals surface area contributed by atoms with Gasteiger partial charge >= 0.3 is 0 Å². The normalized spacial score (nSPS) is 26.6. The summed E-state index contributed by atoms with van der Waals surface area (Å²) in [6.07, 6.45) is 3.87. The fraction of sp³-hybridized carbons (Fsp3) is 0.500. The Morgan fingerprint density at radius 1 is 1.33 bits per heavy atom. The number of piperidine rings is 1. The van der Waals surface area contributed by atoms with Gasteiger partial charge in [-0.1, -0.05) is 30.4 Å². The Balaban J connectivity index is 1.75. The van der Waals surface area contributed by atoms with E-state index in [1.165, 1.54) is 5.56 Å². The second kappa shape index (κ2) is 6.12. The summed E-state index contributed by atoms with van der Waals surface area (Å²) in [5, 5.41) is 3.07. The number of likely N-dealkylation sites (tertiary alicyclic amines) is 1. The maximum absolute atomic E-state index is 12.5. The van der Waals surface area contributed by atoms with Crippen molar-refractivity contribution in [3.8, 4) is 0 Å². The van der Waals surface area contributed by atoms with E-state index < -0.39 is 0 Å². The molecule has 1 aromatic carbocycles. The molecule has 112 valence electrons. The van der Waals surface area contributed by atoms with Crippen LogP contribution in [0, 0.1) is 5.92 Å². The average Bonchev–Trinajstić information content (AvgIpc) is 2.65. The molecule has 0 spiro atoms. The number of thiocarbonyl (C=S) groups is 1. The number of nitrogens with one attached hydrogen (secondary N) is 1. The molecule has 1 fully saturated rings. The molecule has 0 bridgehead atoms. The SMILES string of the molecule is NC(=S)C1CCCN(C2CCc3ccccc3NC2=O)C1. The van der Waals surface area contributed by atoms with Crippen LogP contribution in [0.4, 0.5) is 5.69 Å². The zero-order valence-electron chi connectivity index (χ0n) is 12.0. The van der Waals surface area contributed by atoms with Gasteiger partial charge in [0.1, 0.15) is 0 Å². The van der Waals surface area contributed by atoms with Crippen molar-refractivity contribution in [2.24, 2.45) is 11.7 Å². The molecular weight excluding hydrogens is 282 g/mol. The van der Waals surface area contributed by atoms with E-state index in [4.69, 9.17) is 18.0 Å². The second-order valence-corrected chi connectivity index (χ2v) is 6.41. The number of hydrogen-bond acceptors (Lipinski definition) is 3. The minimum absolute atomic E-state index is 0.0745. The molecule has 5 heteroatoms. The highest BCUT2D eigenvalue weighted by Crippen LogP contribution is 2.26. The summed E-state index contributed by atoms with van der Waals surface area (Å²) in [5.41, 5.74) is 7.97. The third-order valence-corrected chi connectivity index (χ3v) is 4.89. The molecule has 1 aromatic rings. The maximum atomic E-state index is 12.5. The summed E-state index contributed by atoms with van der Waals surface area (Å²) in [5.74, 6) is 0.343. The standard InChI is InChI=1S/C16H21N3OS/c17-15(21)12-5-3-9-19(10-12)14-8-7-11-4-1-2-6-13(11)18-16(14)20/h1-2,4,6,12,14H,3,5,7-10H2,(H2,17,21)(H,18,20). The van der Waals surface area contributed by atoms with Crippen LogP contribution < -0.4 is 11.1 Å². The number of amides is 1. The number of nitrogens with two attached hydrogens (primary N) is 1. The predicted molar refractivity (Wildman–Crippen MR) is 88.3 cm³/mol. The summed E-state index contributed by atoms with van der Waals surface area (Å²) in [6, 6.07) is 7.98. The van der Waals surface area contributed by atoms with Crippen LogP contribution in [0.1, 0.15) is 24.8 Å². The number of hydrogen-bond donors (Lipinski definition) is 2. The number of rotatable bonds is 2. The van der Waals surface area contributed by atoms with Crippen LogP contribution in [0.15, 0.2) is 24.3 Å². The first-order valence-corrected chi connectivity index (χ1v) is 7.98. The van der Waals surface area contributed by atoms with E-state index in [-0.39, 0.29) is 17.9 Å². The molecule has 0 aromatic heterocycles. The highest BCUT2D eigenvalue weighted by atomic mass is 32.1. The van der Waals surface area contributed by atoms with Crippen LogP contribution in [0.25, 0.3) is 0 Å². The largest absolute Gasteiger partial charge is 0.393 e. The maximum Gasteiger partial charge on any atom is 0.241 e. The van der Waals surface area contributed by atoms with E-state index >= 15 is 0 Å². The van der Waals surface area contributed by atoms with Crippen molar-refractivity contribution < 1.29 is 4.79 Å². The zero-order chi connectivity index (χ0) is 14.8. The molecule has 2 aliphatic heterocycles. The van der Waals surface area contributed by atoms with Crippen LogP contribution in [0.3, 0.4) is 0 Å². The van der Waals surface area contributed by atoms with Gasteiger partial charge in [0.2, 0.25) is 5.91 Å². The van der Waals surface area contributed by atoms with Crippen molar-refractivity contribution in [3.63, 3.8) is 0 Å². The number of benzene rings is 1. The Morgan fingerprint density at radius 2 is 2.14 bits per heavy atom. The summed E-state index contributed by atoms with van der Waals surface area (Å²) >= 11 is 5.13. The Kier molecular flexibility index (Phi) is 4.22. The van der Waals surface area contributed by atoms with E-state index in [0.717, 1.165) is 44.5 Å². The lowest BCUT2D eigenvalue weighted by Gasteiger charge is -2.36. The monoisotopic (exact) mass is 303 g/mol. The molecule has 3 rings (SSSR count). The van der Waals surface area contributed by atoms with E-state index in [0.29, 0.717) is 4.99 Å². The lowest BCUT2D eigenvalue weighted by molar-refractivity contribution is -0.122. The molecular formula is C16H21N3OS. The highest BCUT2D eigenvalue weighted by Gasteiger charge is 2.32. The number of nitrogens with zero attached hydrogens (tertiary/aromatic N) is 1. The molecule has 1 amide bonds. The Hall–Kier alpha value is -1.46. The Bertz CT molecular complexity index is 560. The van der Waals surface area contributed by atoms with Gasteiger partial charge in [-0.15, -0.1) is 0 Å². The molecule has 2 unspecified atom stereocenters. The van der Waals surface area contributed by atoms with Crippen LogP contribution in [-0.2, 0) is 11.2 Å². The third-order valence-electron chi connectivity index (χ3n) is 4.56. The van der Waals surface area contributed by atoms with Gasteiger partial charge in [-0.25, -0.2) is 0 Å². The fourth-order valence-corrected chi connectivity index (χ4v) is 3.56. The summed E-state index contributed by atoms with van der Waals surface area (Å²) < 4.78 is 0. The predicted octanol–water partition coefficient (Wildman–Crippen LogP) is 1.94. The van der Waals surface area contributed by atoms with Crippen molar-refractivity contribution in [3.05, 3.63) is 29.8 Å². The summed E-state index contributed by atoms with van der Waals surface area (Å²) in [6.45, 7) is 1.76. The Labute approximate surface area is 130 Å². The minimum atomic E-state index is -0.0745. The minimum Gasteiger partial charge on any atom is -0.393 e. The topological polar surface area (TPSA) is 58.4 Å². The quantitative estimate of drug-likeness (QED) is 0.820. The molecule has 0 aliphatic carbocycles. The van der Waals surface area contributed by atoms with Crippen molar-refractivity contribution in [1.29, 1.82) is 0 Å². The molecule has 1 saturated heterocycles. The van der Waals surface area contributed by atoms with Crippen LogP contribution in [0.2, 0.25) is 0 Å². The molecule has 0 saturated carbocycles. The molecule has 0 radical (unpaired) electrons. The fourth-order valence-electron chi connectivity index (χ4n) is 3.37. The first kappa shape index (κ1) is 14.5. The average molecular weight is 303 g/mol. The van der Waals surface area contributed by atoms with Crippen molar-refractivity contribution in [1.82, 2.24) is 4.90 Å². The van der Waals surface area contributed by atoms with E-state index in [1.54, 1.807) is 0 Å². The van der Waals surface area contributed by atoms with Crippen molar-refractivity contribution >= 4 is 28.8 Å². The van der Waals surface area contributed by atoms with E-state index in [1.807, 2.05) is 18.2 Å². The highest BCUT2D eigenvalue weighted by molar-refractivity contribution is 7.80. The van der Waals surface area contributed by atoms with Crippen molar-refractivity contribution in [2.75, 3.05) is 18.4 Å². The number of fused-ring (bicyclic) bond motifs is 1. The lowest BCUT2D eigenvalue weighted by atomic mass is 9.95. The first-order valence-electron chi connectivity index (χ1n) is 7.57. The van der Waals surface area contributed by atoms with E-state index in [2.05, 4.69) is 16.3 Å². The molecule has 2 aliphatic rings. The smallest absolute Gasteiger partial charge is 0.241 e. The number of para-hydroxylation sites is 1. The number of carbonyl (C=O) groups excluding carboxylic acids is 1. The number of anilines is 1. The van der Waals surface area contributed by atoms with Gasteiger partial charge in [-0.05, 0) is 43.9 Å². The van der Waals surface area contributed by atoms with Crippen LogP contribution in [-0.4, -0.2) is 34.9 Å². The first-order chi connectivity index (χ1) is 10.1. The third kappa shape index (κ3) is 3.09. The van der Waals surface area contributed by atoms with Gasteiger partial charge in [0.05, 0.1) is 11.0 Å². The van der Waals surface area contributed by atoms with Gasteiger partial charge in [-0.3, -0.25) is 9.69 Å². The number of aryl methyl sites for hydroxylation is 1.